The van der Waals surface area contributed by atoms with E-state index < -0.39 is 5.97 Å². The van der Waals surface area contributed by atoms with Crippen molar-refractivity contribution in [3.05, 3.63) is 60.3 Å². The Kier molecular flexibility index (Phi) is 5.22. The zero-order chi connectivity index (χ0) is 18.5. The van der Waals surface area contributed by atoms with Gasteiger partial charge in [0.05, 0.1) is 19.3 Å². The van der Waals surface area contributed by atoms with Crippen LogP contribution in [0.5, 0.6) is 5.75 Å². The van der Waals surface area contributed by atoms with Crippen molar-refractivity contribution in [3.63, 3.8) is 0 Å². The number of hydrogen-bond donors (Lipinski definition) is 1. The summed E-state index contributed by atoms with van der Waals surface area (Å²) in [5, 5.41) is 3.84. The van der Waals surface area contributed by atoms with E-state index in [1.807, 2.05) is 42.0 Å². The molecule has 1 aromatic heterocycles. The van der Waals surface area contributed by atoms with E-state index in [1.165, 1.54) is 7.11 Å². The lowest BCUT2D eigenvalue weighted by atomic mass is 10.2. The molecule has 0 fully saturated rings. The van der Waals surface area contributed by atoms with Crippen molar-refractivity contribution in [2.75, 3.05) is 19.0 Å². The molecular weight excluding hydrogens is 332 g/mol. The Morgan fingerprint density at radius 1 is 1.08 bits per heavy atom. The molecule has 0 aliphatic carbocycles. The van der Waals surface area contributed by atoms with Gasteiger partial charge >= 0.3 is 5.97 Å². The first-order chi connectivity index (χ1) is 12.6. The van der Waals surface area contributed by atoms with Crippen molar-refractivity contribution in [2.24, 2.45) is 0 Å². The van der Waals surface area contributed by atoms with Crippen LogP contribution in [0, 0.1) is 0 Å². The first-order valence-electron chi connectivity index (χ1n) is 8.30. The van der Waals surface area contributed by atoms with Crippen molar-refractivity contribution < 1.29 is 19.1 Å². The quantitative estimate of drug-likeness (QED) is 0.690. The van der Waals surface area contributed by atoms with Gasteiger partial charge in [0.2, 0.25) is 5.91 Å². The molecule has 0 atom stereocenters. The molecule has 0 aliphatic rings. The summed E-state index contributed by atoms with van der Waals surface area (Å²) < 4.78 is 12.0. The summed E-state index contributed by atoms with van der Waals surface area (Å²) in [5.41, 5.74) is 2.02. The fourth-order valence-corrected chi connectivity index (χ4v) is 2.74. The van der Waals surface area contributed by atoms with Crippen LogP contribution in [0.3, 0.4) is 0 Å². The van der Waals surface area contributed by atoms with Crippen molar-refractivity contribution in [1.82, 2.24) is 4.57 Å². The Morgan fingerprint density at radius 2 is 1.85 bits per heavy atom. The zero-order valence-corrected chi connectivity index (χ0v) is 14.7. The topological polar surface area (TPSA) is 69.6 Å². The van der Waals surface area contributed by atoms with Gasteiger partial charge in [-0.25, -0.2) is 4.79 Å². The van der Waals surface area contributed by atoms with E-state index in [0.29, 0.717) is 17.9 Å². The fourth-order valence-electron chi connectivity index (χ4n) is 2.74. The number of fused-ring (bicyclic) bond motifs is 1. The summed E-state index contributed by atoms with van der Waals surface area (Å²) in [6.45, 7) is 2.75. The molecule has 1 N–H and O–H groups in total. The van der Waals surface area contributed by atoms with Gasteiger partial charge in [0, 0.05) is 22.8 Å². The number of rotatable bonds is 6. The minimum absolute atomic E-state index is 0.151. The first-order valence-corrected chi connectivity index (χ1v) is 8.30. The number of hydrogen-bond acceptors (Lipinski definition) is 4. The maximum Gasteiger partial charge on any atom is 0.337 e. The van der Waals surface area contributed by atoms with Crippen LogP contribution in [0.2, 0.25) is 0 Å². The number of esters is 1. The van der Waals surface area contributed by atoms with Crippen LogP contribution in [-0.4, -0.2) is 30.2 Å². The molecule has 1 heterocycles. The smallest absolute Gasteiger partial charge is 0.337 e. The van der Waals surface area contributed by atoms with Gasteiger partial charge in [-0.1, -0.05) is 0 Å². The van der Waals surface area contributed by atoms with E-state index in [1.54, 1.807) is 24.3 Å². The van der Waals surface area contributed by atoms with Crippen LogP contribution in [0.15, 0.2) is 54.7 Å². The molecule has 0 radical (unpaired) electrons. The number of aromatic nitrogens is 1. The number of methoxy groups -OCH3 is 1. The molecule has 0 unspecified atom stereocenters. The Hall–Kier alpha value is -3.28. The monoisotopic (exact) mass is 352 g/mol. The van der Waals surface area contributed by atoms with E-state index in [2.05, 4.69) is 10.1 Å². The summed E-state index contributed by atoms with van der Waals surface area (Å²) in [6, 6.07) is 14.3. The largest absolute Gasteiger partial charge is 0.494 e. The number of ether oxygens (including phenoxy) is 2. The fraction of sp³-hybridized carbons (Fsp3) is 0.200. The van der Waals surface area contributed by atoms with E-state index in [0.717, 1.165) is 16.7 Å². The maximum absolute atomic E-state index is 12.3. The van der Waals surface area contributed by atoms with Gasteiger partial charge in [0.25, 0.3) is 0 Å². The Balaban J connectivity index is 1.68. The van der Waals surface area contributed by atoms with Gasteiger partial charge < -0.3 is 19.4 Å². The van der Waals surface area contributed by atoms with E-state index in [9.17, 15) is 9.59 Å². The van der Waals surface area contributed by atoms with Crippen molar-refractivity contribution in [3.8, 4) is 5.75 Å². The molecular formula is C20H20N2O4. The summed E-state index contributed by atoms with van der Waals surface area (Å²) in [4.78, 5) is 23.7. The zero-order valence-electron chi connectivity index (χ0n) is 14.7. The van der Waals surface area contributed by atoms with E-state index in [4.69, 9.17) is 4.74 Å². The lowest BCUT2D eigenvalue weighted by molar-refractivity contribution is -0.116. The number of carbonyl (C=O) groups is 2. The van der Waals surface area contributed by atoms with Gasteiger partial charge in [-0.15, -0.1) is 0 Å². The van der Waals surface area contributed by atoms with Gasteiger partial charge in [-0.2, -0.15) is 0 Å². The number of nitrogens with one attached hydrogen (secondary N) is 1. The predicted octanol–water partition coefficient (Wildman–Crippen LogP) is 3.47. The molecule has 0 aliphatic heterocycles. The molecule has 134 valence electrons. The molecule has 6 heteroatoms. The molecule has 6 nitrogen and oxygen atoms in total. The Morgan fingerprint density at radius 3 is 2.54 bits per heavy atom. The normalized spacial score (nSPS) is 10.5. The van der Waals surface area contributed by atoms with Gasteiger partial charge in [-0.3, -0.25) is 4.79 Å². The van der Waals surface area contributed by atoms with Crippen molar-refractivity contribution >= 4 is 28.5 Å². The number of nitrogens with zero attached hydrogens (tertiary/aromatic N) is 1. The van der Waals surface area contributed by atoms with Crippen LogP contribution < -0.4 is 10.1 Å². The molecule has 26 heavy (non-hydrogen) atoms. The third-order valence-electron chi connectivity index (χ3n) is 3.96. The molecule has 0 spiro atoms. The Labute approximate surface area is 151 Å². The highest BCUT2D eigenvalue weighted by molar-refractivity contribution is 5.93. The summed E-state index contributed by atoms with van der Waals surface area (Å²) >= 11 is 0. The molecule has 0 bridgehead atoms. The predicted molar refractivity (Wildman–Crippen MR) is 99.5 cm³/mol. The van der Waals surface area contributed by atoms with Gasteiger partial charge in [-0.05, 0) is 55.5 Å². The maximum atomic E-state index is 12.3. The number of benzene rings is 2. The van der Waals surface area contributed by atoms with Crippen LogP contribution in [-0.2, 0) is 16.1 Å². The van der Waals surface area contributed by atoms with E-state index in [-0.39, 0.29) is 12.5 Å². The lowest BCUT2D eigenvalue weighted by Gasteiger charge is -2.09. The third-order valence-corrected chi connectivity index (χ3v) is 3.96. The van der Waals surface area contributed by atoms with Crippen LogP contribution in [0.1, 0.15) is 17.3 Å². The number of anilines is 1. The highest BCUT2D eigenvalue weighted by atomic mass is 16.5. The van der Waals surface area contributed by atoms with Crippen molar-refractivity contribution in [1.29, 1.82) is 0 Å². The second-order valence-electron chi connectivity index (χ2n) is 5.71. The number of carbonyl (C=O) groups excluding carboxylic acids is 2. The average molecular weight is 352 g/mol. The minimum atomic E-state index is -0.409. The molecule has 3 rings (SSSR count). The molecule has 1 amide bonds. The minimum Gasteiger partial charge on any atom is -0.494 e. The van der Waals surface area contributed by atoms with Crippen LogP contribution >= 0.6 is 0 Å². The highest BCUT2D eigenvalue weighted by Crippen LogP contribution is 2.22. The SMILES string of the molecule is CCOc1ccc2c(ccn2CC(=O)Nc2ccc(C(=O)OC)cc2)c1. The standard InChI is InChI=1S/C20H20N2O4/c1-3-26-17-8-9-18-15(12-17)10-11-22(18)13-19(23)21-16-6-4-14(5-7-16)20(24)25-2/h4-12H,3,13H2,1-2H3,(H,21,23). The Bertz CT molecular complexity index is 929. The number of amides is 1. The highest BCUT2D eigenvalue weighted by Gasteiger charge is 2.09. The second kappa shape index (κ2) is 7.74. The molecule has 2 aromatic carbocycles. The molecule has 3 aromatic rings. The van der Waals surface area contributed by atoms with Gasteiger partial charge in [0.15, 0.2) is 0 Å². The first kappa shape index (κ1) is 17.5. The van der Waals surface area contributed by atoms with E-state index >= 15 is 0 Å². The molecule has 0 saturated carbocycles. The third kappa shape index (κ3) is 3.85. The summed E-state index contributed by atoms with van der Waals surface area (Å²) in [7, 11) is 1.33. The van der Waals surface area contributed by atoms with Crippen LogP contribution in [0.4, 0.5) is 5.69 Å². The lowest BCUT2D eigenvalue weighted by Crippen LogP contribution is -2.18. The average Bonchev–Trinajstić information content (AvgIpc) is 3.04. The molecule has 0 saturated heterocycles. The van der Waals surface area contributed by atoms with Crippen molar-refractivity contribution in [2.45, 2.75) is 13.5 Å². The summed E-state index contributed by atoms with van der Waals surface area (Å²) in [5.74, 6) is 0.253. The summed E-state index contributed by atoms with van der Waals surface area (Å²) in [6.07, 6.45) is 1.88. The van der Waals surface area contributed by atoms with Crippen LogP contribution in [0.25, 0.3) is 10.9 Å². The second-order valence-corrected chi connectivity index (χ2v) is 5.71. The van der Waals surface area contributed by atoms with Gasteiger partial charge in [0.1, 0.15) is 12.3 Å².